The van der Waals surface area contributed by atoms with Gasteiger partial charge in [-0.15, -0.1) is 0 Å². The number of nitrogens with zero attached hydrogens (tertiary/aromatic N) is 1. The number of hydrogen-bond acceptors (Lipinski definition) is 4. The largest absolute Gasteiger partial charge is 0.494 e. The number of carbonyl (C=O) groups is 1. The average Bonchev–Trinajstić information content (AvgIpc) is 2.55. The van der Waals surface area contributed by atoms with Gasteiger partial charge in [-0.25, -0.2) is 0 Å². The number of pyridine rings is 1. The van der Waals surface area contributed by atoms with Crippen LogP contribution < -0.4 is 10.1 Å². The van der Waals surface area contributed by atoms with Gasteiger partial charge in [-0.1, -0.05) is 6.92 Å². The maximum absolute atomic E-state index is 12.0. The highest BCUT2D eigenvalue weighted by molar-refractivity contribution is 6.04. The van der Waals surface area contributed by atoms with Crippen LogP contribution in [-0.2, 0) is 0 Å². The van der Waals surface area contributed by atoms with Crippen molar-refractivity contribution in [2.24, 2.45) is 0 Å². The first-order valence-electron chi connectivity index (χ1n) is 7.31. The zero-order chi connectivity index (χ0) is 15.8. The van der Waals surface area contributed by atoms with E-state index in [0.29, 0.717) is 12.2 Å². The molecule has 0 saturated heterocycles. The predicted molar refractivity (Wildman–Crippen MR) is 88.2 cm³/mol. The number of anilines is 1. The van der Waals surface area contributed by atoms with Crippen LogP contribution in [0.4, 0.5) is 5.69 Å². The lowest BCUT2D eigenvalue weighted by atomic mass is 10.1. The van der Waals surface area contributed by atoms with Crippen molar-refractivity contribution < 1.29 is 9.53 Å². The quantitative estimate of drug-likeness (QED) is 0.618. The van der Waals surface area contributed by atoms with Crippen molar-refractivity contribution >= 4 is 11.5 Å². The first-order valence-corrected chi connectivity index (χ1v) is 7.31. The van der Waals surface area contributed by atoms with Crippen LogP contribution in [0.15, 0.2) is 60.6 Å². The molecule has 0 unspecified atom stereocenters. The molecule has 4 heteroatoms. The third kappa shape index (κ3) is 4.74. The number of ketones is 1. The number of rotatable bonds is 7. The summed E-state index contributed by atoms with van der Waals surface area (Å²) >= 11 is 0. The molecule has 1 N–H and O–H groups in total. The van der Waals surface area contributed by atoms with E-state index in [1.165, 1.54) is 0 Å². The summed E-state index contributed by atoms with van der Waals surface area (Å²) in [6.07, 6.45) is 5.76. The number of aromatic nitrogens is 1. The second kappa shape index (κ2) is 7.98. The maximum Gasteiger partial charge on any atom is 0.189 e. The van der Waals surface area contributed by atoms with Gasteiger partial charge in [0, 0.05) is 35.4 Å². The Kier molecular flexibility index (Phi) is 5.72. The van der Waals surface area contributed by atoms with E-state index < -0.39 is 0 Å². The van der Waals surface area contributed by atoms with Gasteiger partial charge in [0.15, 0.2) is 5.78 Å². The first-order chi connectivity index (χ1) is 10.7. The topological polar surface area (TPSA) is 51.2 Å². The Balaban J connectivity index is 1.97. The van der Waals surface area contributed by atoms with Gasteiger partial charge >= 0.3 is 0 Å². The molecule has 0 spiro atoms. The minimum Gasteiger partial charge on any atom is -0.494 e. The van der Waals surface area contributed by atoms with Crippen LogP contribution in [0, 0.1) is 0 Å². The van der Waals surface area contributed by atoms with Gasteiger partial charge in [0.2, 0.25) is 0 Å². The first kappa shape index (κ1) is 15.8. The third-order valence-electron chi connectivity index (χ3n) is 2.96. The summed E-state index contributed by atoms with van der Waals surface area (Å²) in [4.78, 5) is 16.0. The molecule has 1 aromatic carbocycles. The molecule has 1 aromatic heterocycles. The highest BCUT2D eigenvalue weighted by Gasteiger charge is 2.03. The highest BCUT2D eigenvalue weighted by atomic mass is 16.5. The minimum absolute atomic E-state index is 0.0685. The normalized spacial score (nSPS) is 11.1. The lowest BCUT2D eigenvalue weighted by Gasteiger charge is -2.08. The summed E-state index contributed by atoms with van der Waals surface area (Å²) in [6.45, 7) is 4.64. The predicted octanol–water partition coefficient (Wildman–Crippen LogP) is 4.07. The molecule has 0 aliphatic heterocycles. The monoisotopic (exact) mass is 296 g/mol. The molecule has 0 radical (unpaired) electrons. The summed E-state index contributed by atoms with van der Waals surface area (Å²) in [5, 5.41) is 3.19. The smallest absolute Gasteiger partial charge is 0.189 e. The van der Waals surface area contributed by atoms with Crippen molar-refractivity contribution in [3.8, 4) is 5.75 Å². The van der Waals surface area contributed by atoms with Crippen LogP contribution in [0.2, 0.25) is 0 Å². The van der Waals surface area contributed by atoms with E-state index in [9.17, 15) is 4.79 Å². The Morgan fingerprint density at radius 2 is 2.05 bits per heavy atom. The molecule has 0 aliphatic rings. The van der Waals surface area contributed by atoms with Gasteiger partial charge in [-0.2, -0.15) is 0 Å². The van der Waals surface area contributed by atoms with E-state index in [1.54, 1.807) is 30.6 Å². The van der Waals surface area contributed by atoms with Gasteiger partial charge in [0.25, 0.3) is 0 Å². The van der Waals surface area contributed by atoms with E-state index in [-0.39, 0.29) is 5.78 Å². The van der Waals surface area contributed by atoms with Crippen LogP contribution >= 0.6 is 0 Å². The second-order valence-corrected chi connectivity index (χ2v) is 4.93. The molecule has 0 fully saturated rings. The van der Waals surface area contributed by atoms with Crippen molar-refractivity contribution in [3.05, 3.63) is 66.1 Å². The molecule has 114 valence electrons. The Morgan fingerprint density at radius 1 is 1.27 bits per heavy atom. The molecule has 0 atom stereocenters. The van der Waals surface area contributed by atoms with E-state index in [0.717, 1.165) is 23.6 Å². The average molecular weight is 296 g/mol. The molecule has 0 aliphatic carbocycles. The van der Waals surface area contributed by atoms with Crippen molar-refractivity contribution in [1.82, 2.24) is 4.98 Å². The summed E-state index contributed by atoms with van der Waals surface area (Å²) in [5.74, 6) is 0.779. The standard InChI is InChI=1S/C18H20N2O2/c1-3-11-22-17-8-6-16(7-9-17)20-14(2)12-18(21)15-5-4-10-19-13-15/h4-10,12-13,20H,3,11H2,1-2H3. The third-order valence-corrected chi connectivity index (χ3v) is 2.96. The fourth-order valence-corrected chi connectivity index (χ4v) is 1.91. The molecule has 0 saturated carbocycles. The molecule has 2 rings (SSSR count). The SMILES string of the molecule is CCCOc1ccc(NC(C)=CC(=O)c2cccnc2)cc1. The molecule has 1 heterocycles. The molecule has 22 heavy (non-hydrogen) atoms. The molecule has 2 aromatic rings. The lowest BCUT2D eigenvalue weighted by molar-refractivity contribution is 0.104. The number of hydrogen-bond donors (Lipinski definition) is 1. The van der Waals surface area contributed by atoms with Gasteiger partial charge in [0.1, 0.15) is 5.75 Å². The number of ether oxygens (including phenoxy) is 1. The Labute approximate surface area is 130 Å². The van der Waals surface area contributed by atoms with Gasteiger partial charge in [-0.3, -0.25) is 9.78 Å². The molecule has 0 bridgehead atoms. The summed E-state index contributed by atoms with van der Waals surface area (Å²) in [7, 11) is 0. The van der Waals surface area contributed by atoms with Crippen molar-refractivity contribution in [3.63, 3.8) is 0 Å². The minimum atomic E-state index is -0.0685. The van der Waals surface area contributed by atoms with Gasteiger partial charge < -0.3 is 10.1 Å². The number of allylic oxidation sites excluding steroid dienone is 2. The lowest BCUT2D eigenvalue weighted by Crippen LogP contribution is -2.02. The van der Waals surface area contributed by atoms with E-state index in [4.69, 9.17) is 4.74 Å². The number of nitrogens with one attached hydrogen (secondary N) is 1. The van der Waals surface area contributed by atoms with Crippen LogP contribution in [0.3, 0.4) is 0 Å². The number of carbonyl (C=O) groups excluding carboxylic acids is 1. The summed E-state index contributed by atoms with van der Waals surface area (Å²) in [6, 6.07) is 11.2. The van der Waals surface area contributed by atoms with Crippen LogP contribution in [0.5, 0.6) is 5.75 Å². The fraction of sp³-hybridized carbons (Fsp3) is 0.222. The molecular weight excluding hydrogens is 276 g/mol. The summed E-state index contributed by atoms with van der Waals surface area (Å²) in [5.41, 5.74) is 2.26. The van der Waals surface area contributed by atoms with Crippen LogP contribution in [-0.4, -0.2) is 17.4 Å². The Hall–Kier alpha value is -2.62. The summed E-state index contributed by atoms with van der Waals surface area (Å²) < 4.78 is 5.53. The van der Waals surface area contributed by atoms with Crippen LogP contribution in [0.1, 0.15) is 30.6 Å². The van der Waals surface area contributed by atoms with Crippen LogP contribution in [0.25, 0.3) is 0 Å². The second-order valence-electron chi connectivity index (χ2n) is 4.93. The van der Waals surface area contributed by atoms with Crippen molar-refractivity contribution in [2.75, 3.05) is 11.9 Å². The van der Waals surface area contributed by atoms with Crippen molar-refractivity contribution in [1.29, 1.82) is 0 Å². The zero-order valence-corrected chi connectivity index (χ0v) is 12.9. The molecule has 0 amide bonds. The van der Waals surface area contributed by atoms with E-state index >= 15 is 0 Å². The van der Waals surface area contributed by atoms with E-state index in [1.807, 2.05) is 31.2 Å². The Bertz CT molecular complexity index is 634. The van der Waals surface area contributed by atoms with E-state index in [2.05, 4.69) is 17.2 Å². The molecule has 4 nitrogen and oxygen atoms in total. The molecular formula is C18H20N2O2. The number of benzene rings is 1. The highest BCUT2D eigenvalue weighted by Crippen LogP contribution is 2.17. The maximum atomic E-state index is 12.0. The van der Waals surface area contributed by atoms with Gasteiger partial charge in [0.05, 0.1) is 6.61 Å². The van der Waals surface area contributed by atoms with Gasteiger partial charge in [-0.05, 0) is 49.7 Å². The van der Waals surface area contributed by atoms with Crippen molar-refractivity contribution in [2.45, 2.75) is 20.3 Å². The fourth-order valence-electron chi connectivity index (χ4n) is 1.91. The Morgan fingerprint density at radius 3 is 2.68 bits per heavy atom. The zero-order valence-electron chi connectivity index (χ0n) is 12.9.